The first-order chi connectivity index (χ1) is 15.9. The van der Waals surface area contributed by atoms with E-state index in [1.54, 1.807) is 20.4 Å². The zero-order chi connectivity index (χ0) is 23.8. The lowest BCUT2D eigenvalue weighted by molar-refractivity contribution is -0.159. The van der Waals surface area contributed by atoms with E-state index < -0.39 is 11.9 Å². The van der Waals surface area contributed by atoms with Crippen LogP contribution < -0.4 is 9.47 Å². The van der Waals surface area contributed by atoms with Gasteiger partial charge in [0.2, 0.25) is 0 Å². The van der Waals surface area contributed by atoms with E-state index in [1.807, 2.05) is 77.4 Å². The molecule has 2 aromatic carbocycles. The molecule has 0 fully saturated rings. The van der Waals surface area contributed by atoms with E-state index in [0.717, 1.165) is 28.2 Å². The summed E-state index contributed by atoms with van der Waals surface area (Å²) in [6, 6.07) is 19.7. The predicted octanol–water partition coefficient (Wildman–Crippen LogP) is 3.76. The van der Waals surface area contributed by atoms with Crippen molar-refractivity contribution in [3.05, 3.63) is 78.2 Å². The van der Waals surface area contributed by atoms with Crippen LogP contribution in [-0.2, 0) is 9.59 Å². The third-order valence-electron chi connectivity index (χ3n) is 4.48. The highest BCUT2D eigenvalue weighted by Gasteiger charge is 2.11. The Morgan fingerprint density at radius 1 is 0.879 bits per heavy atom. The quantitative estimate of drug-likeness (QED) is 0.443. The van der Waals surface area contributed by atoms with Crippen molar-refractivity contribution >= 4 is 35.1 Å². The van der Waals surface area contributed by atoms with Crippen molar-refractivity contribution in [2.45, 2.75) is 0 Å². The second-order valence-corrected chi connectivity index (χ2v) is 6.54. The lowest BCUT2D eigenvalue weighted by Crippen LogP contribution is -2.09. The number of pyridine rings is 1. The number of nitrogens with zero attached hydrogens (tertiary/aromatic N) is 3. The van der Waals surface area contributed by atoms with Gasteiger partial charge in [-0.05, 0) is 48.0 Å². The standard InChI is InChI=1S/C22H19N3O2.C2H2O4/c1-26-19-12-10-16(15-20(19)27-2)11-13-22-24-17-7-3-4-8-18(17)25(22)21-9-5-6-14-23-21;3-1(4)2(5)6/h3-15H,1-2H3;(H,3,4)(H,5,6). The zero-order valence-electron chi connectivity index (χ0n) is 17.9. The van der Waals surface area contributed by atoms with E-state index in [9.17, 15) is 0 Å². The van der Waals surface area contributed by atoms with Gasteiger partial charge in [0.15, 0.2) is 11.5 Å². The first-order valence-electron chi connectivity index (χ1n) is 9.69. The van der Waals surface area contributed by atoms with E-state index in [-0.39, 0.29) is 0 Å². The van der Waals surface area contributed by atoms with Crippen LogP contribution in [0.2, 0.25) is 0 Å². The molecule has 0 atom stereocenters. The summed E-state index contributed by atoms with van der Waals surface area (Å²) in [5.41, 5.74) is 2.94. The summed E-state index contributed by atoms with van der Waals surface area (Å²) in [5.74, 6) is -0.610. The number of para-hydroxylation sites is 2. The lowest BCUT2D eigenvalue weighted by atomic mass is 10.2. The number of carboxylic acids is 2. The van der Waals surface area contributed by atoms with Crippen molar-refractivity contribution in [3.63, 3.8) is 0 Å². The second-order valence-electron chi connectivity index (χ2n) is 6.54. The summed E-state index contributed by atoms with van der Waals surface area (Å²) >= 11 is 0. The molecule has 0 radical (unpaired) electrons. The maximum absolute atomic E-state index is 9.10. The highest BCUT2D eigenvalue weighted by molar-refractivity contribution is 6.27. The van der Waals surface area contributed by atoms with Gasteiger partial charge in [-0.2, -0.15) is 0 Å². The van der Waals surface area contributed by atoms with Crippen LogP contribution >= 0.6 is 0 Å². The topological polar surface area (TPSA) is 124 Å². The van der Waals surface area contributed by atoms with Gasteiger partial charge >= 0.3 is 11.9 Å². The van der Waals surface area contributed by atoms with Gasteiger partial charge in [0.1, 0.15) is 11.6 Å². The molecule has 0 saturated carbocycles. The average molecular weight is 447 g/mol. The van der Waals surface area contributed by atoms with E-state index in [0.29, 0.717) is 11.5 Å². The molecular weight excluding hydrogens is 426 g/mol. The number of aliphatic carboxylic acids is 2. The minimum absolute atomic E-state index is 0.692. The predicted molar refractivity (Wildman–Crippen MR) is 123 cm³/mol. The Bertz CT molecular complexity index is 1290. The Morgan fingerprint density at radius 2 is 1.58 bits per heavy atom. The highest BCUT2D eigenvalue weighted by atomic mass is 16.5. The molecule has 2 N–H and O–H groups in total. The summed E-state index contributed by atoms with van der Waals surface area (Å²) in [6.07, 6.45) is 5.77. The Labute approximate surface area is 189 Å². The van der Waals surface area contributed by atoms with Crippen molar-refractivity contribution in [1.82, 2.24) is 14.5 Å². The molecule has 4 rings (SSSR count). The fraction of sp³-hybridized carbons (Fsp3) is 0.0833. The highest BCUT2D eigenvalue weighted by Crippen LogP contribution is 2.28. The molecule has 0 saturated heterocycles. The fourth-order valence-electron chi connectivity index (χ4n) is 3.01. The van der Waals surface area contributed by atoms with Crippen molar-refractivity contribution in [3.8, 4) is 17.3 Å². The normalized spacial score (nSPS) is 10.5. The number of carbonyl (C=O) groups is 2. The number of fused-ring (bicyclic) bond motifs is 1. The van der Waals surface area contributed by atoms with Crippen LogP contribution in [-0.4, -0.2) is 50.9 Å². The van der Waals surface area contributed by atoms with E-state index in [2.05, 4.69) is 4.98 Å². The van der Waals surface area contributed by atoms with Crippen LogP contribution in [0.5, 0.6) is 11.5 Å². The van der Waals surface area contributed by atoms with Gasteiger partial charge in [0.25, 0.3) is 0 Å². The van der Waals surface area contributed by atoms with Crippen LogP contribution in [0.4, 0.5) is 0 Å². The van der Waals surface area contributed by atoms with Gasteiger partial charge in [-0.1, -0.05) is 30.3 Å². The molecule has 0 bridgehead atoms. The minimum Gasteiger partial charge on any atom is -0.493 e. The average Bonchev–Trinajstić information content (AvgIpc) is 3.21. The fourth-order valence-corrected chi connectivity index (χ4v) is 3.01. The van der Waals surface area contributed by atoms with Crippen LogP contribution in [0, 0.1) is 0 Å². The number of benzene rings is 2. The molecule has 0 amide bonds. The number of hydrogen-bond donors (Lipinski definition) is 2. The van der Waals surface area contributed by atoms with Gasteiger partial charge in [-0.25, -0.2) is 19.6 Å². The number of rotatable bonds is 5. The Morgan fingerprint density at radius 3 is 2.21 bits per heavy atom. The Kier molecular flexibility index (Phi) is 7.38. The molecule has 0 unspecified atom stereocenters. The molecule has 33 heavy (non-hydrogen) atoms. The molecule has 9 heteroatoms. The maximum atomic E-state index is 9.10. The van der Waals surface area contributed by atoms with Crippen LogP contribution in [0.25, 0.3) is 29.0 Å². The largest absolute Gasteiger partial charge is 0.493 e. The summed E-state index contributed by atoms with van der Waals surface area (Å²) in [7, 11) is 3.26. The molecule has 4 aromatic rings. The smallest absolute Gasteiger partial charge is 0.414 e. The first-order valence-corrected chi connectivity index (χ1v) is 9.69. The molecular formula is C24H21N3O6. The molecule has 0 spiro atoms. The van der Waals surface area contributed by atoms with Crippen molar-refractivity contribution in [2.75, 3.05) is 14.2 Å². The van der Waals surface area contributed by atoms with Crippen LogP contribution in [0.1, 0.15) is 11.4 Å². The molecule has 2 aromatic heterocycles. The van der Waals surface area contributed by atoms with Gasteiger partial charge in [0.05, 0.1) is 25.3 Å². The Balaban J connectivity index is 0.000000454. The number of aromatic nitrogens is 3. The van der Waals surface area contributed by atoms with Crippen LogP contribution in [0.3, 0.4) is 0 Å². The monoisotopic (exact) mass is 447 g/mol. The second kappa shape index (κ2) is 10.6. The third-order valence-corrected chi connectivity index (χ3v) is 4.48. The molecule has 0 aliphatic heterocycles. The number of imidazole rings is 1. The van der Waals surface area contributed by atoms with E-state index >= 15 is 0 Å². The summed E-state index contributed by atoms with van der Waals surface area (Å²) in [6.45, 7) is 0. The maximum Gasteiger partial charge on any atom is 0.414 e. The zero-order valence-corrected chi connectivity index (χ0v) is 17.9. The van der Waals surface area contributed by atoms with E-state index in [4.69, 9.17) is 34.3 Å². The third kappa shape index (κ3) is 5.53. The van der Waals surface area contributed by atoms with Gasteiger partial charge < -0.3 is 19.7 Å². The first kappa shape index (κ1) is 23.0. The molecule has 0 aliphatic carbocycles. The summed E-state index contributed by atoms with van der Waals surface area (Å²) < 4.78 is 12.7. The summed E-state index contributed by atoms with van der Waals surface area (Å²) in [4.78, 5) is 27.4. The van der Waals surface area contributed by atoms with Gasteiger partial charge in [-0.3, -0.25) is 4.57 Å². The number of carboxylic acid groups (broad SMARTS) is 2. The van der Waals surface area contributed by atoms with Crippen molar-refractivity contribution in [1.29, 1.82) is 0 Å². The van der Waals surface area contributed by atoms with Crippen molar-refractivity contribution in [2.24, 2.45) is 0 Å². The molecule has 2 heterocycles. The molecule has 9 nitrogen and oxygen atoms in total. The van der Waals surface area contributed by atoms with E-state index in [1.165, 1.54) is 0 Å². The van der Waals surface area contributed by atoms with Gasteiger partial charge in [-0.15, -0.1) is 0 Å². The number of hydrogen-bond acceptors (Lipinski definition) is 6. The number of ether oxygens (including phenoxy) is 2. The lowest BCUT2D eigenvalue weighted by Gasteiger charge is -2.08. The molecule has 0 aliphatic rings. The molecule has 168 valence electrons. The minimum atomic E-state index is -1.82. The van der Waals surface area contributed by atoms with Crippen LogP contribution in [0.15, 0.2) is 66.9 Å². The van der Waals surface area contributed by atoms with Crippen molar-refractivity contribution < 1.29 is 29.3 Å². The number of methoxy groups -OCH3 is 2. The van der Waals surface area contributed by atoms with Gasteiger partial charge in [0, 0.05) is 6.20 Å². The summed E-state index contributed by atoms with van der Waals surface area (Å²) in [5, 5.41) is 14.8. The Hall–Kier alpha value is -4.66. The SMILES string of the molecule is COc1ccc(C=Cc2nc3ccccc3n2-c2ccccn2)cc1OC.O=C(O)C(=O)O.